The number of fused-ring (bicyclic) bond motifs is 10. The van der Waals surface area contributed by atoms with Crippen LogP contribution >= 0.6 is 0 Å². The minimum absolute atomic E-state index is 0.327. The lowest BCUT2D eigenvalue weighted by Gasteiger charge is -2.22. The van der Waals surface area contributed by atoms with Gasteiger partial charge in [0.2, 0.25) is 0 Å². The average molecular weight is 1170 g/mol. The summed E-state index contributed by atoms with van der Waals surface area (Å²) >= 11 is 0. The number of aryl methyl sites for hydroxylation is 1. The van der Waals surface area contributed by atoms with Crippen LogP contribution in [0.4, 0.5) is 0 Å². The number of carbonyl (C=O) groups is 1. The number of benzene rings is 5. The maximum atomic E-state index is 11.6. The summed E-state index contributed by atoms with van der Waals surface area (Å²) in [5.74, 6) is -0.327. The zero-order chi connectivity index (χ0) is 64.1. The highest BCUT2D eigenvalue weighted by Gasteiger charge is 2.23. The van der Waals surface area contributed by atoms with Gasteiger partial charge in [-0.15, -0.1) is 5.10 Å². The molecule has 11 nitrogen and oxygen atoms in total. The van der Waals surface area contributed by atoms with Crippen LogP contribution in [-0.2, 0) is 37.9 Å². The number of carbonyl (C=O) groups excluding carboxylic acids is 1. The molecule has 0 spiro atoms. The van der Waals surface area contributed by atoms with Gasteiger partial charge in [0, 0.05) is 23.2 Å². The molecule has 0 saturated carbocycles. The number of allylic oxidation sites excluding steroid dienone is 5. The number of hydrogen-bond acceptors (Lipinski definition) is 10. The second kappa shape index (κ2) is 28.4. The van der Waals surface area contributed by atoms with Crippen molar-refractivity contribution in [2.75, 3.05) is 6.61 Å². The molecule has 0 unspecified atom stereocenters. The maximum Gasteiger partial charge on any atom is 0.333 e. The van der Waals surface area contributed by atoms with E-state index in [-0.39, 0.29) is 22.2 Å². The Kier molecular flexibility index (Phi) is 21.3. The number of ether oxygens (including phenoxy) is 1. The molecule has 5 aromatic carbocycles. The second-order valence-corrected chi connectivity index (χ2v) is 27.0. The molecule has 0 radical (unpaired) electrons. The Morgan fingerprint density at radius 2 is 0.761 bits per heavy atom. The summed E-state index contributed by atoms with van der Waals surface area (Å²) in [7, 11) is 0. The van der Waals surface area contributed by atoms with E-state index in [0.29, 0.717) is 102 Å². The van der Waals surface area contributed by atoms with Crippen LogP contribution in [0.3, 0.4) is 0 Å². The third-order valence-corrected chi connectivity index (χ3v) is 15.8. The van der Waals surface area contributed by atoms with Gasteiger partial charge in [-0.05, 0) is 231 Å². The SMILES string of the molecule is C=C(C)C(=O)OCCCCCCCCCCCn1cc(-c2cc3cc(c2)/C(C#N)=C/c2cc(cc(C(C)(C)C)c2)/C(C#N)=C/c2cc(cc(C(C)(C)N)c2)/C(C#N)=C/c2cc(cc(C(C)(C)C)c2)/C(C#N)=C/c2cc(cc(C(C)(C)C)c2)C(C#N)=C3)nn1. The summed E-state index contributed by atoms with van der Waals surface area (Å²) in [5, 5.41) is 64.7. The number of esters is 1. The molecule has 1 aliphatic carbocycles. The van der Waals surface area contributed by atoms with Crippen molar-refractivity contribution in [3.63, 3.8) is 0 Å². The van der Waals surface area contributed by atoms with E-state index in [4.69, 9.17) is 10.5 Å². The fourth-order valence-electron chi connectivity index (χ4n) is 10.4. The van der Waals surface area contributed by atoms with Gasteiger partial charge in [0.15, 0.2) is 0 Å². The maximum absolute atomic E-state index is 11.6. The molecule has 1 heterocycles. The Bertz CT molecular complexity index is 3990. The number of rotatable bonds is 15. The lowest BCUT2D eigenvalue weighted by Crippen LogP contribution is -2.28. The van der Waals surface area contributed by atoms with E-state index in [2.05, 4.69) is 122 Å². The van der Waals surface area contributed by atoms with Crippen LogP contribution in [0, 0.1) is 56.7 Å². The molecule has 0 saturated heterocycles. The zero-order valence-electron chi connectivity index (χ0n) is 53.6. The van der Waals surface area contributed by atoms with E-state index in [9.17, 15) is 31.1 Å². The number of nitrogens with two attached hydrogens (primary N) is 1. The van der Waals surface area contributed by atoms with Crippen molar-refractivity contribution >= 4 is 64.2 Å². The smallest absolute Gasteiger partial charge is 0.333 e. The summed E-state index contributed by atoms with van der Waals surface area (Å²) in [6.45, 7) is 29.2. The van der Waals surface area contributed by atoms with Crippen LogP contribution in [0.25, 0.3) is 69.5 Å². The van der Waals surface area contributed by atoms with Gasteiger partial charge in [-0.2, -0.15) is 26.3 Å². The summed E-state index contributed by atoms with van der Waals surface area (Å²) in [5.41, 5.74) is 18.8. The Balaban J connectivity index is 1.39. The van der Waals surface area contributed by atoms with Gasteiger partial charge >= 0.3 is 5.97 Å². The van der Waals surface area contributed by atoms with Gasteiger partial charge in [-0.1, -0.05) is 137 Å². The normalized spacial score (nSPS) is 15.4. The fraction of sp³-hybridized carbons (Fsp3) is 0.351. The van der Waals surface area contributed by atoms with E-state index in [1.165, 1.54) is 0 Å². The largest absolute Gasteiger partial charge is 0.462 e. The predicted molar refractivity (Wildman–Crippen MR) is 359 cm³/mol. The fourth-order valence-corrected chi connectivity index (χ4v) is 10.4. The van der Waals surface area contributed by atoms with Crippen molar-refractivity contribution in [1.82, 2.24) is 15.0 Å². The van der Waals surface area contributed by atoms with Crippen LogP contribution in [-0.4, -0.2) is 27.6 Å². The molecule has 2 N–H and O–H groups in total. The Morgan fingerprint density at radius 1 is 0.455 bits per heavy atom. The molecular formula is C77H83N9O2. The summed E-state index contributed by atoms with van der Waals surface area (Å²) in [6.07, 6.45) is 20.7. The van der Waals surface area contributed by atoms with Gasteiger partial charge in [-0.3, -0.25) is 4.68 Å². The van der Waals surface area contributed by atoms with Crippen molar-refractivity contribution in [2.45, 2.75) is 169 Å². The molecule has 88 heavy (non-hydrogen) atoms. The first-order chi connectivity index (χ1) is 41.6. The van der Waals surface area contributed by atoms with Gasteiger partial charge in [-0.25, -0.2) is 4.79 Å². The first-order valence-corrected chi connectivity index (χ1v) is 30.5. The average Bonchev–Trinajstić information content (AvgIpc) is 2.62. The molecule has 1 aromatic heterocycles. The molecule has 7 rings (SSSR count). The Hall–Kier alpha value is -9.44. The van der Waals surface area contributed by atoms with Gasteiger partial charge in [0.1, 0.15) is 5.69 Å². The molecule has 0 atom stereocenters. The summed E-state index contributed by atoms with van der Waals surface area (Å²) < 4.78 is 7.07. The summed E-state index contributed by atoms with van der Waals surface area (Å²) in [6, 6.07) is 42.0. The number of nitrogens with zero attached hydrogens (tertiary/aromatic N) is 8. The Labute approximate surface area is 522 Å². The minimum Gasteiger partial charge on any atom is -0.462 e. The number of nitriles is 5. The third kappa shape index (κ3) is 17.8. The highest BCUT2D eigenvalue weighted by Crippen LogP contribution is 2.37. The highest BCUT2D eigenvalue weighted by molar-refractivity contribution is 5.98. The second-order valence-electron chi connectivity index (χ2n) is 27.0. The van der Waals surface area contributed by atoms with Crippen LogP contribution in [0.5, 0.6) is 0 Å². The first kappa shape index (κ1) is 66.1. The topological polar surface area (TPSA) is 202 Å². The summed E-state index contributed by atoms with van der Waals surface area (Å²) in [4.78, 5) is 11.6. The van der Waals surface area contributed by atoms with Crippen molar-refractivity contribution in [3.05, 3.63) is 187 Å². The van der Waals surface area contributed by atoms with E-state index >= 15 is 0 Å². The van der Waals surface area contributed by atoms with Gasteiger partial charge in [0.25, 0.3) is 0 Å². The van der Waals surface area contributed by atoms with E-state index in [1.54, 1.807) is 6.92 Å². The molecule has 11 heteroatoms. The molecule has 0 aliphatic heterocycles. The van der Waals surface area contributed by atoms with E-state index in [1.807, 2.05) is 134 Å². The van der Waals surface area contributed by atoms with Crippen molar-refractivity contribution in [1.29, 1.82) is 26.3 Å². The number of hydrogen-bond donors (Lipinski definition) is 1. The molecule has 0 fully saturated rings. The molecule has 10 bridgehead atoms. The quantitative estimate of drug-likeness (QED) is 0.0585. The number of unbranched alkanes of at least 4 members (excludes halogenated alkanes) is 8. The third-order valence-electron chi connectivity index (χ3n) is 15.8. The predicted octanol–water partition coefficient (Wildman–Crippen LogP) is 18.3. The minimum atomic E-state index is -0.826. The lowest BCUT2D eigenvalue weighted by molar-refractivity contribution is -0.139. The zero-order valence-corrected chi connectivity index (χ0v) is 53.6. The van der Waals surface area contributed by atoms with Crippen molar-refractivity contribution in [3.8, 4) is 41.6 Å². The van der Waals surface area contributed by atoms with Crippen LogP contribution < -0.4 is 5.73 Å². The standard InChI is InChI=1S/C77H83N9O2/c1-51(2)73(87)88-24-22-20-18-16-14-15-17-19-21-23-86-50-72(84-85-86)62-30-52-25-57(40-62)63(45-78)32-53-26-60(43-68(36-53)74(3,4)5)66(48-81)35-56-29-61(44-71(39-56)77(12,13)83)67(49-82)34-55-28-59(42-70(38-55)76(9,10)11)65(47-80)33-54-27-58(64(31-52)46-79)41-69(37-54)75(6,7)8/h25-44,50H,1,14-24,83H2,2-13H3/b63-32+,64-31?,65-33+,66-35+,67-34+. The molecule has 6 aromatic rings. The van der Waals surface area contributed by atoms with Gasteiger partial charge in [0.05, 0.1) is 71.0 Å². The van der Waals surface area contributed by atoms with Crippen LogP contribution in [0.1, 0.15) is 219 Å². The first-order valence-electron chi connectivity index (χ1n) is 30.5. The number of aromatic nitrogens is 3. The van der Waals surface area contributed by atoms with Crippen molar-refractivity contribution < 1.29 is 9.53 Å². The lowest BCUT2D eigenvalue weighted by atomic mass is 9.82. The molecule has 0 amide bonds. The highest BCUT2D eigenvalue weighted by atomic mass is 16.5. The molecule has 1 aliphatic rings. The van der Waals surface area contributed by atoms with Crippen molar-refractivity contribution in [2.24, 2.45) is 5.73 Å². The van der Waals surface area contributed by atoms with Gasteiger partial charge < -0.3 is 10.5 Å². The Morgan fingerprint density at radius 3 is 1.10 bits per heavy atom. The van der Waals surface area contributed by atoms with Crippen LogP contribution in [0.15, 0.2) is 109 Å². The molecule has 448 valence electrons. The van der Waals surface area contributed by atoms with E-state index < -0.39 is 5.54 Å². The van der Waals surface area contributed by atoms with Crippen LogP contribution in [0.2, 0.25) is 0 Å². The van der Waals surface area contributed by atoms with E-state index in [0.717, 1.165) is 91.2 Å². The monoisotopic (exact) mass is 1170 g/mol. The molecular weight excluding hydrogens is 1080 g/mol.